The summed E-state index contributed by atoms with van der Waals surface area (Å²) in [4.78, 5) is 17.7. The largest absolute Gasteiger partial charge is 0.494 e. The van der Waals surface area contributed by atoms with Crippen LogP contribution >= 0.6 is 0 Å². The van der Waals surface area contributed by atoms with Crippen LogP contribution in [0, 0.1) is 6.92 Å². The summed E-state index contributed by atoms with van der Waals surface area (Å²) in [6, 6.07) is 22.1. The quantitative estimate of drug-likeness (QED) is 0.473. The van der Waals surface area contributed by atoms with Gasteiger partial charge in [0.1, 0.15) is 11.4 Å². The normalized spacial score (nSPS) is 11.3. The van der Waals surface area contributed by atoms with Crippen molar-refractivity contribution < 1.29 is 9.84 Å². The lowest BCUT2D eigenvalue weighted by Gasteiger charge is -2.14. The zero-order valence-electron chi connectivity index (χ0n) is 16.9. The molecule has 30 heavy (non-hydrogen) atoms. The van der Waals surface area contributed by atoms with Crippen LogP contribution in [0.25, 0.3) is 16.5 Å². The van der Waals surface area contributed by atoms with Crippen LogP contribution in [0.15, 0.2) is 82.6 Å². The van der Waals surface area contributed by atoms with E-state index in [1.165, 1.54) is 4.57 Å². The van der Waals surface area contributed by atoms with Gasteiger partial charge in [0, 0.05) is 17.0 Å². The Labute approximate surface area is 174 Å². The summed E-state index contributed by atoms with van der Waals surface area (Å²) in [5.74, 6) is 0.507. The molecule has 1 N–H and O–H groups in total. The average Bonchev–Trinajstić information content (AvgIpc) is 2.76. The predicted molar refractivity (Wildman–Crippen MR) is 121 cm³/mol. The van der Waals surface area contributed by atoms with Gasteiger partial charge in [-0.05, 0) is 44.2 Å². The molecule has 0 bridgehead atoms. The molecule has 0 aliphatic rings. The molecule has 4 aromatic rings. The van der Waals surface area contributed by atoms with E-state index in [1.807, 2.05) is 80.6 Å². The number of nitrogens with zero attached hydrogens (tertiary/aromatic N) is 2. The van der Waals surface area contributed by atoms with Crippen molar-refractivity contribution in [3.8, 4) is 17.3 Å². The van der Waals surface area contributed by atoms with Gasteiger partial charge >= 0.3 is 0 Å². The minimum absolute atomic E-state index is 0.153. The first-order chi connectivity index (χ1) is 14.6. The molecule has 5 heteroatoms. The Kier molecular flexibility index (Phi) is 5.35. The molecule has 150 valence electrons. The van der Waals surface area contributed by atoms with Crippen molar-refractivity contribution in [2.24, 2.45) is 4.99 Å². The third-order valence-electron chi connectivity index (χ3n) is 4.89. The smallest absolute Gasteiger partial charge is 0.265 e. The fourth-order valence-electron chi connectivity index (χ4n) is 3.40. The van der Waals surface area contributed by atoms with Gasteiger partial charge in [0.2, 0.25) is 5.88 Å². The Morgan fingerprint density at radius 3 is 2.37 bits per heavy atom. The van der Waals surface area contributed by atoms with Gasteiger partial charge in [-0.15, -0.1) is 0 Å². The molecule has 0 spiro atoms. The van der Waals surface area contributed by atoms with E-state index in [1.54, 1.807) is 12.3 Å². The van der Waals surface area contributed by atoms with Crippen molar-refractivity contribution in [3.05, 3.63) is 94.3 Å². The molecular weight excluding hydrogens is 376 g/mol. The number of fused-ring (bicyclic) bond motifs is 1. The first-order valence-corrected chi connectivity index (χ1v) is 9.80. The summed E-state index contributed by atoms with van der Waals surface area (Å²) in [6.07, 6.45) is 1.58. The lowest BCUT2D eigenvalue weighted by atomic mass is 10.1. The summed E-state index contributed by atoms with van der Waals surface area (Å²) < 4.78 is 6.95. The van der Waals surface area contributed by atoms with Crippen molar-refractivity contribution in [2.45, 2.75) is 13.8 Å². The van der Waals surface area contributed by atoms with Crippen LogP contribution in [0.4, 0.5) is 5.69 Å². The van der Waals surface area contributed by atoms with E-state index in [0.717, 1.165) is 5.56 Å². The summed E-state index contributed by atoms with van der Waals surface area (Å²) in [7, 11) is 0. The van der Waals surface area contributed by atoms with Gasteiger partial charge in [-0.1, -0.05) is 48.0 Å². The number of para-hydroxylation sites is 2. The van der Waals surface area contributed by atoms with Crippen molar-refractivity contribution in [1.82, 2.24) is 4.57 Å². The molecule has 0 saturated carbocycles. The molecule has 5 nitrogen and oxygen atoms in total. The maximum atomic E-state index is 13.1. The molecule has 1 heterocycles. The van der Waals surface area contributed by atoms with Gasteiger partial charge in [-0.25, -0.2) is 4.57 Å². The van der Waals surface area contributed by atoms with Gasteiger partial charge < -0.3 is 9.84 Å². The Morgan fingerprint density at radius 2 is 1.63 bits per heavy atom. The van der Waals surface area contributed by atoms with Crippen LogP contribution in [0.2, 0.25) is 0 Å². The number of hydrogen-bond acceptors (Lipinski definition) is 4. The molecule has 0 aliphatic carbocycles. The molecule has 4 rings (SSSR count). The zero-order valence-corrected chi connectivity index (χ0v) is 16.9. The number of ether oxygens (including phenoxy) is 1. The summed E-state index contributed by atoms with van der Waals surface area (Å²) >= 11 is 0. The Morgan fingerprint density at radius 1 is 0.967 bits per heavy atom. The first kappa shape index (κ1) is 19.5. The molecule has 0 saturated heterocycles. The number of benzene rings is 3. The van der Waals surface area contributed by atoms with Gasteiger partial charge in [-0.3, -0.25) is 9.79 Å². The van der Waals surface area contributed by atoms with Crippen molar-refractivity contribution in [1.29, 1.82) is 0 Å². The zero-order chi connectivity index (χ0) is 21.1. The minimum atomic E-state index is -0.279. The number of hydrogen-bond donors (Lipinski definition) is 1. The highest BCUT2D eigenvalue weighted by Crippen LogP contribution is 2.29. The first-order valence-electron chi connectivity index (χ1n) is 9.80. The molecule has 1 aromatic heterocycles. The Bertz CT molecular complexity index is 1290. The second kappa shape index (κ2) is 8.25. The van der Waals surface area contributed by atoms with E-state index in [0.29, 0.717) is 40.1 Å². The van der Waals surface area contributed by atoms with Gasteiger partial charge in [0.25, 0.3) is 5.56 Å². The van der Waals surface area contributed by atoms with Crippen LogP contribution in [-0.2, 0) is 0 Å². The second-order valence-electron chi connectivity index (χ2n) is 6.92. The van der Waals surface area contributed by atoms with E-state index in [4.69, 9.17) is 4.74 Å². The van der Waals surface area contributed by atoms with E-state index in [-0.39, 0.29) is 11.4 Å². The number of pyridine rings is 1. The Hall–Kier alpha value is -3.86. The topological polar surface area (TPSA) is 63.8 Å². The third-order valence-corrected chi connectivity index (χ3v) is 4.89. The number of rotatable bonds is 5. The maximum Gasteiger partial charge on any atom is 0.265 e. The maximum absolute atomic E-state index is 13.1. The number of aryl methyl sites for hydroxylation is 1. The van der Waals surface area contributed by atoms with Crippen LogP contribution in [0.3, 0.4) is 0 Å². The van der Waals surface area contributed by atoms with Crippen LogP contribution in [-0.4, -0.2) is 22.5 Å². The van der Waals surface area contributed by atoms with E-state index in [2.05, 4.69) is 4.99 Å². The fraction of sp³-hybridized carbons (Fsp3) is 0.120. The molecule has 0 radical (unpaired) electrons. The van der Waals surface area contributed by atoms with Crippen LogP contribution in [0.1, 0.15) is 18.1 Å². The van der Waals surface area contributed by atoms with Crippen LogP contribution in [0.5, 0.6) is 11.6 Å². The van der Waals surface area contributed by atoms with E-state index < -0.39 is 0 Å². The summed E-state index contributed by atoms with van der Waals surface area (Å²) in [5, 5.41) is 12.2. The number of aliphatic imine (C=N–C) groups is 1. The van der Waals surface area contributed by atoms with Gasteiger partial charge in [0.05, 0.1) is 17.9 Å². The van der Waals surface area contributed by atoms with Crippen molar-refractivity contribution >= 4 is 22.7 Å². The lowest BCUT2D eigenvalue weighted by molar-refractivity contribution is 0.341. The van der Waals surface area contributed by atoms with E-state index >= 15 is 0 Å². The van der Waals surface area contributed by atoms with Crippen LogP contribution < -0.4 is 10.3 Å². The number of aromatic nitrogens is 1. The van der Waals surface area contributed by atoms with E-state index in [9.17, 15) is 9.90 Å². The highest BCUT2D eigenvalue weighted by molar-refractivity contribution is 6.02. The number of aromatic hydroxyl groups is 1. The SMILES string of the molecule is CCOc1ccccc1N=Cc1c(O)n(-c2ccc(C)cc2)c(=O)c2ccccc12. The molecular formula is C25H22N2O3. The monoisotopic (exact) mass is 398 g/mol. The predicted octanol–water partition coefficient (Wildman–Crippen LogP) is 5.15. The molecule has 0 aliphatic heterocycles. The molecule has 0 fully saturated rings. The lowest BCUT2D eigenvalue weighted by Crippen LogP contribution is -2.20. The highest BCUT2D eigenvalue weighted by atomic mass is 16.5. The average molecular weight is 398 g/mol. The standard InChI is InChI=1S/C25H22N2O3/c1-3-30-23-11-7-6-10-22(23)26-16-21-19-8-4-5-9-20(19)24(28)27(25(21)29)18-14-12-17(2)13-15-18/h4-16,29H,3H2,1-2H3. The molecule has 3 aromatic carbocycles. The van der Waals surface area contributed by atoms with Gasteiger partial charge in [-0.2, -0.15) is 0 Å². The summed E-state index contributed by atoms with van der Waals surface area (Å²) in [6.45, 7) is 4.41. The third kappa shape index (κ3) is 3.57. The second-order valence-corrected chi connectivity index (χ2v) is 6.92. The fourth-order valence-corrected chi connectivity index (χ4v) is 3.40. The molecule has 0 amide bonds. The highest BCUT2D eigenvalue weighted by Gasteiger charge is 2.16. The van der Waals surface area contributed by atoms with Crippen molar-refractivity contribution in [3.63, 3.8) is 0 Å². The van der Waals surface area contributed by atoms with Gasteiger partial charge in [0.15, 0.2) is 0 Å². The molecule has 0 atom stereocenters. The van der Waals surface area contributed by atoms with Crippen molar-refractivity contribution in [2.75, 3.05) is 6.61 Å². The Balaban J connectivity index is 1.94. The molecule has 0 unspecified atom stereocenters. The minimum Gasteiger partial charge on any atom is -0.494 e. The summed E-state index contributed by atoms with van der Waals surface area (Å²) in [5.41, 5.74) is 2.51.